The van der Waals surface area contributed by atoms with Crippen molar-refractivity contribution in [2.75, 3.05) is 26.7 Å². The van der Waals surface area contributed by atoms with E-state index in [1.165, 1.54) is 11.3 Å². The summed E-state index contributed by atoms with van der Waals surface area (Å²) in [5, 5.41) is 5.12. The molecule has 1 N–H and O–H groups in total. The van der Waals surface area contributed by atoms with Crippen LogP contribution in [0, 0.1) is 0 Å². The van der Waals surface area contributed by atoms with Gasteiger partial charge in [-0.2, -0.15) is 4.31 Å². The summed E-state index contributed by atoms with van der Waals surface area (Å²) in [4.78, 5) is 0. The molecular formula is C13H22N2O3S2. The Morgan fingerprint density at radius 1 is 1.45 bits per heavy atom. The molecule has 0 atom stereocenters. The summed E-state index contributed by atoms with van der Waals surface area (Å²) in [5.41, 5.74) is 1.03. The number of hydrogen-bond donors (Lipinski definition) is 1. The smallest absolute Gasteiger partial charge is 0.252 e. The van der Waals surface area contributed by atoms with Gasteiger partial charge < -0.3 is 10.1 Å². The number of sulfonamides is 1. The van der Waals surface area contributed by atoms with Crippen molar-refractivity contribution in [3.63, 3.8) is 0 Å². The van der Waals surface area contributed by atoms with Crippen LogP contribution in [0.2, 0.25) is 0 Å². The van der Waals surface area contributed by atoms with E-state index < -0.39 is 10.0 Å². The molecule has 2 heterocycles. The van der Waals surface area contributed by atoms with Gasteiger partial charge in [-0.05, 0) is 36.4 Å². The largest absolute Gasteiger partial charge is 0.381 e. The van der Waals surface area contributed by atoms with E-state index >= 15 is 0 Å². The molecule has 0 aromatic carbocycles. The van der Waals surface area contributed by atoms with Crippen LogP contribution < -0.4 is 5.32 Å². The van der Waals surface area contributed by atoms with Crippen LogP contribution in [0.3, 0.4) is 0 Å². The lowest BCUT2D eigenvalue weighted by Crippen LogP contribution is -2.40. The van der Waals surface area contributed by atoms with Gasteiger partial charge in [-0.3, -0.25) is 0 Å². The topological polar surface area (TPSA) is 58.6 Å². The Labute approximate surface area is 125 Å². The Balaban J connectivity index is 2.04. The summed E-state index contributed by atoms with van der Waals surface area (Å²) in [7, 11) is -1.65. The number of rotatable bonds is 6. The first-order valence-electron chi connectivity index (χ1n) is 6.89. The maximum Gasteiger partial charge on any atom is 0.252 e. The third kappa shape index (κ3) is 3.59. The summed E-state index contributed by atoms with van der Waals surface area (Å²) in [6, 6.07) is 1.78. The van der Waals surface area contributed by atoms with E-state index in [1.54, 1.807) is 17.5 Å². The van der Waals surface area contributed by atoms with Crippen LogP contribution in [0.25, 0.3) is 0 Å². The lowest BCUT2D eigenvalue weighted by atomic mass is 10.1. The second kappa shape index (κ2) is 7.00. The molecule has 1 aliphatic rings. The van der Waals surface area contributed by atoms with Crippen molar-refractivity contribution in [1.82, 2.24) is 9.62 Å². The van der Waals surface area contributed by atoms with Crippen LogP contribution in [0.4, 0.5) is 0 Å². The van der Waals surface area contributed by atoms with Crippen molar-refractivity contribution < 1.29 is 13.2 Å². The van der Waals surface area contributed by atoms with Gasteiger partial charge in [-0.25, -0.2) is 8.42 Å². The van der Waals surface area contributed by atoms with Crippen molar-refractivity contribution in [3.05, 3.63) is 17.0 Å². The van der Waals surface area contributed by atoms with E-state index in [4.69, 9.17) is 4.74 Å². The van der Waals surface area contributed by atoms with Gasteiger partial charge in [0.05, 0.1) is 6.10 Å². The molecule has 20 heavy (non-hydrogen) atoms. The monoisotopic (exact) mass is 318 g/mol. The van der Waals surface area contributed by atoms with Crippen molar-refractivity contribution in [2.24, 2.45) is 0 Å². The third-order valence-electron chi connectivity index (χ3n) is 3.54. The zero-order valence-corrected chi connectivity index (χ0v) is 13.6. The second-order valence-corrected chi connectivity index (χ2v) is 7.97. The molecule has 0 spiro atoms. The summed E-state index contributed by atoms with van der Waals surface area (Å²) in [5.74, 6) is 0. The number of piperidine rings is 1. The van der Waals surface area contributed by atoms with Crippen LogP contribution in [-0.2, 0) is 21.3 Å². The molecule has 2 rings (SSSR count). The van der Waals surface area contributed by atoms with E-state index in [1.807, 2.05) is 12.3 Å². The average molecular weight is 318 g/mol. The van der Waals surface area contributed by atoms with Crippen LogP contribution >= 0.6 is 11.3 Å². The predicted molar refractivity (Wildman–Crippen MR) is 80.5 cm³/mol. The number of hydrogen-bond acceptors (Lipinski definition) is 5. The lowest BCUT2D eigenvalue weighted by molar-refractivity contribution is 0.0605. The van der Waals surface area contributed by atoms with Gasteiger partial charge in [0, 0.05) is 26.7 Å². The quantitative estimate of drug-likeness (QED) is 0.866. The van der Waals surface area contributed by atoms with Gasteiger partial charge in [0.2, 0.25) is 0 Å². The lowest BCUT2D eigenvalue weighted by Gasteiger charge is -2.29. The second-order valence-electron chi connectivity index (χ2n) is 4.89. The maximum atomic E-state index is 12.5. The molecule has 0 radical (unpaired) electrons. The first-order valence-corrected chi connectivity index (χ1v) is 9.21. The minimum Gasteiger partial charge on any atom is -0.381 e. The first kappa shape index (κ1) is 15.9. The van der Waals surface area contributed by atoms with Gasteiger partial charge >= 0.3 is 0 Å². The Morgan fingerprint density at radius 2 is 2.15 bits per heavy atom. The average Bonchev–Trinajstić information content (AvgIpc) is 2.94. The maximum absolute atomic E-state index is 12.5. The standard InChI is InChI=1S/C13H22N2O3S2/c1-3-14-9-11-8-13(19-10-11)20(16,17)15-6-4-12(18-2)5-7-15/h8,10,12,14H,3-7,9H2,1-2H3. The molecule has 1 aromatic heterocycles. The highest BCUT2D eigenvalue weighted by Crippen LogP contribution is 2.26. The van der Waals surface area contributed by atoms with Crippen LogP contribution in [0.5, 0.6) is 0 Å². The zero-order chi connectivity index (χ0) is 14.6. The van der Waals surface area contributed by atoms with Gasteiger partial charge in [-0.15, -0.1) is 11.3 Å². The fraction of sp³-hybridized carbons (Fsp3) is 0.692. The Morgan fingerprint density at radius 3 is 2.75 bits per heavy atom. The van der Waals surface area contributed by atoms with E-state index in [9.17, 15) is 8.42 Å². The number of nitrogens with one attached hydrogen (secondary N) is 1. The fourth-order valence-corrected chi connectivity index (χ4v) is 5.12. The fourth-order valence-electron chi connectivity index (χ4n) is 2.29. The van der Waals surface area contributed by atoms with E-state index in [2.05, 4.69) is 5.32 Å². The molecule has 1 aliphatic heterocycles. The molecule has 0 bridgehead atoms. The minimum atomic E-state index is -3.33. The molecule has 7 heteroatoms. The van der Waals surface area contributed by atoms with Crippen LogP contribution in [0.15, 0.2) is 15.7 Å². The Kier molecular flexibility index (Phi) is 5.57. The number of nitrogens with zero attached hydrogens (tertiary/aromatic N) is 1. The molecule has 0 saturated carbocycles. The summed E-state index contributed by atoms with van der Waals surface area (Å²) >= 11 is 1.31. The summed E-state index contributed by atoms with van der Waals surface area (Å²) in [6.07, 6.45) is 1.73. The van der Waals surface area contributed by atoms with E-state index in [0.29, 0.717) is 23.8 Å². The minimum absolute atomic E-state index is 0.189. The highest BCUT2D eigenvalue weighted by Gasteiger charge is 2.30. The SMILES string of the molecule is CCNCc1csc(S(=O)(=O)N2CCC(OC)CC2)c1. The molecule has 0 amide bonds. The van der Waals surface area contributed by atoms with E-state index in [-0.39, 0.29) is 6.10 Å². The predicted octanol–water partition coefficient (Wildman–Crippen LogP) is 1.66. The normalized spacial score (nSPS) is 18.5. The molecular weight excluding hydrogens is 296 g/mol. The highest BCUT2D eigenvalue weighted by molar-refractivity contribution is 7.91. The molecule has 1 aromatic rings. The molecule has 114 valence electrons. The Bertz CT molecular complexity index is 519. The van der Waals surface area contributed by atoms with Crippen molar-refractivity contribution in [2.45, 2.75) is 36.6 Å². The molecule has 0 unspecified atom stereocenters. The molecule has 1 saturated heterocycles. The van der Waals surface area contributed by atoms with Gasteiger partial charge in [0.15, 0.2) is 0 Å². The number of thiophene rings is 1. The molecule has 0 aliphatic carbocycles. The summed E-state index contributed by atoms with van der Waals surface area (Å²) in [6.45, 7) is 4.71. The molecule has 1 fully saturated rings. The number of methoxy groups -OCH3 is 1. The van der Waals surface area contributed by atoms with E-state index in [0.717, 1.165) is 24.9 Å². The van der Waals surface area contributed by atoms with Gasteiger partial charge in [0.25, 0.3) is 10.0 Å². The molecule has 5 nitrogen and oxygen atoms in total. The highest BCUT2D eigenvalue weighted by atomic mass is 32.2. The summed E-state index contributed by atoms with van der Waals surface area (Å²) < 4.78 is 32.4. The van der Waals surface area contributed by atoms with Crippen LogP contribution in [0.1, 0.15) is 25.3 Å². The first-order chi connectivity index (χ1) is 9.57. The zero-order valence-electron chi connectivity index (χ0n) is 12.0. The number of ether oxygens (including phenoxy) is 1. The van der Waals surface area contributed by atoms with Crippen LogP contribution in [-0.4, -0.2) is 45.6 Å². The van der Waals surface area contributed by atoms with Crippen molar-refractivity contribution >= 4 is 21.4 Å². The third-order valence-corrected chi connectivity index (χ3v) is 6.90. The van der Waals surface area contributed by atoms with Gasteiger partial charge in [0.1, 0.15) is 4.21 Å². The van der Waals surface area contributed by atoms with Gasteiger partial charge in [-0.1, -0.05) is 6.92 Å². The van der Waals surface area contributed by atoms with Crippen molar-refractivity contribution in [1.29, 1.82) is 0 Å². The Hall–Kier alpha value is -0.470. The van der Waals surface area contributed by atoms with Crippen molar-refractivity contribution in [3.8, 4) is 0 Å².